The zero-order valence-electron chi connectivity index (χ0n) is 10.8. The molecular formula is C14H17N3O2. The number of hydrogen-bond acceptors (Lipinski definition) is 3. The number of nitrogens with zero attached hydrogens (tertiary/aromatic N) is 1. The van der Waals surface area contributed by atoms with Crippen LogP contribution < -0.4 is 10.1 Å². The van der Waals surface area contributed by atoms with Gasteiger partial charge in [-0.1, -0.05) is 17.7 Å². The Morgan fingerprint density at radius 3 is 2.84 bits per heavy atom. The summed E-state index contributed by atoms with van der Waals surface area (Å²) in [6.45, 7) is 2.80. The number of benzene rings is 1. The lowest BCUT2D eigenvalue weighted by molar-refractivity contribution is -0.121. The van der Waals surface area contributed by atoms with Crippen molar-refractivity contribution in [3.05, 3.63) is 48.0 Å². The molecule has 1 heterocycles. The summed E-state index contributed by atoms with van der Waals surface area (Å²) >= 11 is 0. The minimum Gasteiger partial charge on any atom is -0.493 e. The van der Waals surface area contributed by atoms with E-state index in [9.17, 15) is 4.79 Å². The Morgan fingerprint density at radius 2 is 2.16 bits per heavy atom. The van der Waals surface area contributed by atoms with Gasteiger partial charge < -0.3 is 15.0 Å². The van der Waals surface area contributed by atoms with Gasteiger partial charge in [-0.25, -0.2) is 4.98 Å². The fourth-order valence-electron chi connectivity index (χ4n) is 1.56. The van der Waals surface area contributed by atoms with Crippen LogP contribution in [0, 0.1) is 6.92 Å². The fourth-order valence-corrected chi connectivity index (χ4v) is 1.56. The molecule has 0 saturated carbocycles. The molecule has 2 N–H and O–H groups in total. The molecule has 1 aromatic carbocycles. The Morgan fingerprint density at radius 1 is 1.37 bits per heavy atom. The van der Waals surface area contributed by atoms with Crippen molar-refractivity contribution in [1.29, 1.82) is 0 Å². The second kappa shape index (κ2) is 6.58. The second-order valence-corrected chi connectivity index (χ2v) is 4.22. The van der Waals surface area contributed by atoms with Crippen molar-refractivity contribution in [1.82, 2.24) is 15.3 Å². The normalized spacial score (nSPS) is 10.2. The van der Waals surface area contributed by atoms with Crippen LogP contribution in [0.3, 0.4) is 0 Å². The third kappa shape index (κ3) is 4.46. The quantitative estimate of drug-likeness (QED) is 0.831. The van der Waals surface area contributed by atoms with Crippen LogP contribution in [0.1, 0.15) is 17.8 Å². The summed E-state index contributed by atoms with van der Waals surface area (Å²) in [6, 6.07) is 7.75. The maximum Gasteiger partial charge on any atom is 0.223 e. The lowest BCUT2D eigenvalue weighted by Gasteiger charge is -2.06. The molecule has 0 bridgehead atoms. The zero-order chi connectivity index (χ0) is 13.5. The van der Waals surface area contributed by atoms with Gasteiger partial charge in [0.2, 0.25) is 5.91 Å². The van der Waals surface area contributed by atoms with Crippen molar-refractivity contribution < 1.29 is 9.53 Å². The maximum absolute atomic E-state index is 11.5. The van der Waals surface area contributed by atoms with Crippen LogP contribution in [0.15, 0.2) is 36.7 Å². The zero-order valence-corrected chi connectivity index (χ0v) is 10.8. The predicted molar refractivity (Wildman–Crippen MR) is 71.7 cm³/mol. The number of carbonyl (C=O) groups is 1. The van der Waals surface area contributed by atoms with Crippen LogP contribution in [0.25, 0.3) is 0 Å². The minimum atomic E-state index is -0.0523. The number of hydrogen-bond donors (Lipinski definition) is 2. The first-order valence-corrected chi connectivity index (χ1v) is 6.18. The summed E-state index contributed by atoms with van der Waals surface area (Å²) in [5.41, 5.74) is 1.18. The van der Waals surface area contributed by atoms with E-state index in [0.29, 0.717) is 19.6 Å². The Balaban J connectivity index is 1.65. The van der Waals surface area contributed by atoms with E-state index >= 15 is 0 Å². The molecule has 1 amide bonds. The highest BCUT2D eigenvalue weighted by molar-refractivity contribution is 5.75. The number of ether oxygens (including phenoxy) is 1. The number of aromatic amines is 1. The standard InChI is InChI=1S/C14H17N3O2/c1-11-2-4-12(5-3-11)19-9-6-14(18)17-10-13-15-7-8-16-13/h2-5,7-8H,6,9-10H2,1H3,(H,15,16)(H,17,18). The topological polar surface area (TPSA) is 67.0 Å². The molecule has 0 unspecified atom stereocenters. The highest BCUT2D eigenvalue weighted by Crippen LogP contribution is 2.11. The molecule has 0 spiro atoms. The molecule has 5 heteroatoms. The van der Waals surface area contributed by atoms with E-state index in [-0.39, 0.29) is 5.91 Å². The Hall–Kier alpha value is -2.30. The number of aryl methyl sites for hydroxylation is 1. The summed E-state index contributed by atoms with van der Waals surface area (Å²) in [4.78, 5) is 18.5. The number of aromatic nitrogens is 2. The molecule has 0 radical (unpaired) electrons. The van der Waals surface area contributed by atoms with E-state index in [4.69, 9.17) is 4.74 Å². The summed E-state index contributed by atoms with van der Waals surface area (Å²) in [5, 5.41) is 2.77. The molecule has 0 atom stereocenters. The van der Waals surface area contributed by atoms with Crippen molar-refractivity contribution >= 4 is 5.91 Å². The van der Waals surface area contributed by atoms with Crippen LogP contribution in [0.5, 0.6) is 5.75 Å². The van der Waals surface area contributed by atoms with Crippen molar-refractivity contribution in [3.63, 3.8) is 0 Å². The number of nitrogens with one attached hydrogen (secondary N) is 2. The van der Waals surface area contributed by atoms with Crippen LogP contribution in [-0.4, -0.2) is 22.5 Å². The minimum absolute atomic E-state index is 0.0523. The largest absolute Gasteiger partial charge is 0.493 e. The summed E-state index contributed by atoms with van der Waals surface area (Å²) in [7, 11) is 0. The van der Waals surface area contributed by atoms with E-state index in [1.54, 1.807) is 12.4 Å². The van der Waals surface area contributed by atoms with Gasteiger partial charge in [-0.3, -0.25) is 4.79 Å². The molecule has 0 aliphatic rings. The van der Waals surface area contributed by atoms with E-state index in [1.807, 2.05) is 31.2 Å². The van der Waals surface area contributed by atoms with E-state index in [0.717, 1.165) is 11.6 Å². The average molecular weight is 259 g/mol. The molecule has 1 aromatic heterocycles. The van der Waals surface area contributed by atoms with E-state index < -0.39 is 0 Å². The SMILES string of the molecule is Cc1ccc(OCCC(=O)NCc2ncc[nH]2)cc1. The Labute approximate surface area is 112 Å². The smallest absolute Gasteiger partial charge is 0.223 e. The van der Waals surface area contributed by atoms with Crippen LogP contribution in [0.4, 0.5) is 0 Å². The predicted octanol–water partition coefficient (Wildman–Crippen LogP) is 1.80. The monoisotopic (exact) mass is 259 g/mol. The molecule has 19 heavy (non-hydrogen) atoms. The number of imidazole rings is 1. The van der Waals surface area contributed by atoms with Gasteiger partial charge in [0.05, 0.1) is 19.6 Å². The first-order chi connectivity index (χ1) is 9.24. The van der Waals surface area contributed by atoms with Crippen LogP contribution >= 0.6 is 0 Å². The molecule has 2 rings (SSSR count). The molecule has 5 nitrogen and oxygen atoms in total. The van der Waals surface area contributed by atoms with Gasteiger partial charge in [-0.2, -0.15) is 0 Å². The summed E-state index contributed by atoms with van der Waals surface area (Å²) < 4.78 is 5.48. The molecule has 100 valence electrons. The first-order valence-electron chi connectivity index (χ1n) is 6.18. The van der Waals surface area contributed by atoms with Crippen LogP contribution in [-0.2, 0) is 11.3 Å². The van der Waals surface area contributed by atoms with Gasteiger partial charge in [0.15, 0.2) is 0 Å². The van der Waals surface area contributed by atoms with Gasteiger partial charge in [0.25, 0.3) is 0 Å². The van der Waals surface area contributed by atoms with Gasteiger partial charge in [-0.05, 0) is 19.1 Å². The van der Waals surface area contributed by atoms with Gasteiger partial charge in [0, 0.05) is 12.4 Å². The first kappa shape index (κ1) is 13.1. The maximum atomic E-state index is 11.5. The van der Waals surface area contributed by atoms with Gasteiger partial charge >= 0.3 is 0 Å². The van der Waals surface area contributed by atoms with Crippen molar-refractivity contribution in [2.45, 2.75) is 19.9 Å². The molecule has 0 aliphatic heterocycles. The molecular weight excluding hydrogens is 242 g/mol. The highest BCUT2D eigenvalue weighted by Gasteiger charge is 2.03. The number of rotatable bonds is 6. The molecule has 0 saturated heterocycles. The second-order valence-electron chi connectivity index (χ2n) is 4.22. The third-order valence-electron chi connectivity index (χ3n) is 2.63. The summed E-state index contributed by atoms with van der Waals surface area (Å²) in [5.74, 6) is 1.47. The number of H-pyrrole nitrogens is 1. The van der Waals surface area contributed by atoms with E-state index in [1.165, 1.54) is 5.56 Å². The van der Waals surface area contributed by atoms with Crippen molar-refractivity contribution in [2.75, 3.05) is 6.61 Å². The average Bonchev–Trinajstić information content (AvgIpc) is 2.92. The molecule has 2 aromatic rings. The van der Waals surface area contributed by atoms with Crippen molar-refractivity contribution in [3.8, 4) is 5.75 Å². The molecule has 0 fully saturated rings. The third-order valence-corrected chi connectivity index (χ3v) is 2.63. The number of carbonyl (C=O) groups excluding carboxylic acids is 1. The molecule has 0 aliphatic carbocycles. The highest BCUT2D eigenvalue weighted by atomic mass is 16.5. The Bertz CT molecular complexity index is 506. The van der Waals surface area contributed by atoms with Crippen molar-refractivity contribution in [2.24, 2.45) is 0 Å². The lowest BCUT2D eigenvalue weighted by atomic mass is 10.2. The van der Waals surface area contributed by atoms with Gasteiger partial charge in [-0.15, -0.1) is 0 Å². The summed E-state index contributed by atoms with van der Waals surface area (Å²) in [6.07, 6.45) is 3.71. The van der Waals surface area contributed by atoms with Gasteiger partial charge in [0.1, 0.15) is 11.6 Å². The number of amides is 1. The lowest BCUT2D eigenvalue weighted by Crippen LogP contribution is -2.24. The van der Waals surface area contributed by atoms with Crippen LogP contribution in [0.2, 0.25) is 0 Å². The fraction of sp³-hybridized carbons (Fsp3) is 0.286. The Kier molecular flexibility index (Phi) is 4.55. The van der Waals surface area contributed by atoms with E-state index in [2.05, 4.69) is 15.3 Å².